The van der Waals surface area contributed by atoms with E-state index in [1.54, 1.807) is 0 Å². The number of ether oxygens (including phenoxy) is 1. The molecule has 1 aliphatic heterocycles. The van der Waals surface area contributed by atoms with Gasteiger partial charge in [-0.1, -0.05) is 6.07 Å². The molecule has 0 amide bonds. The average Bonchev–Trinajstić information content (AvgIpc) is 2.47. The summed E-state index contributed by atoms with van der Waals surface area (Å²) >= 11 is 0. The number of nitrogens with zero attached hydrogens (tertiary/aromatic N) is 1. The van der Waals surface area contributed by atoms with Crippen LogP contribution >= 0.6 is 0 Å². The van der Waals surface area contributed by atoms with Crippen molar-refractivity contribution in [1.82, 2.24) is 4.31 Å². The van der Waals surface area contributed by atoms with Crippen molar-refractivity contribution in [2.45, 2.75) is 24.3 Å². The molecular weight excluding hydrogens is 295 g/mol. The summed E-state index contributed by atoms with van der Waals surface area (Å²) in [7, 11) is -2.33. The standard InChI is InChI=1S/C14H21FN2O3S/c1-17(10-11-4-6-20-7-5-11)21(18,19)14-3-2-12(9-16)8-13(14)15/h2-3,8,11H,4-7,9-10,16H2,1H3. The summed E-state index contributed by atoms with van der Waals surface area (Å²) in [6.45, 7) is 1.86. The zero-order chi connectivity index (χ0) is 15.5. The second kappa shape index (κ2) is 6.83. The summed E-state index contributed by atoms with van der Waals surface area (Å²) in [5.74, 6) is -0.498. The van der Waals surface area contributed by atoms with Crippen LogP contribution < -0.4 is 5.73 Å². The summed E-state index contributed by atoms with van der Waals surface area (Å²) in [5, 5.41) is 0. The predicted octanol–water partition coefficient (Wildman–Crippen LogP) is 1.33. The first kappa shape index (κ1) is 16.4. The van der Waals surface area contributed by atoms with E-state index in [1.807, 2.05) is 0 Å². The van der Waals surface area contributed by atoms with Gasteiger partial charge in [0, 0.05) is 33.4 Å². The third-order valence-electron chi connectivity index (χ3n) is 3.78. The van der Waals surface area contributed by atoms with Gasteiger partial charge in [0.15, 0.2) is 0 Å². The first-order valence-electron chi connectivity index (χ1n) is 6.97. The number of hydrogen-bond donors (Lipinski definition) is 1. The van der Waals surface area contributed by atoms with Gasteiger partial charge in [-0.2, -0.15) is 0 Å². The predicted molar refractivity (Wildman–Crippen MR) is 77.7 cm³/mol. The Morgan fingerprint density at radius 1 is 1.38 bits per heavy atom. The van der Waals surface area contributed by atoms with E-state index in [0.29, 0.717) is 25.3 Å². The number of hydrogen-bond acceptors (Lipinski definition) is 4. The van der Waals surface area contributed by atoms with Crippen molar-refractivity contribution in [3.05, 3.63) is 29.6 Å². The highest BCUT2D eigenvalue weighted by Gasteiger charge is 2.27. The minimum absolute atomic E-state index is 0.176. The van der Waals surface area contributed by atoms with E-state index >= 15 is 0 Å². The van der Waals surface area contributed by atoms with Gasteiger partial charge in [-0.05, 0) is 36.5 Å². The summed E-state index contributed by atoms with van der Waals surface area (Å²) < 4.78 is 45.4. The van der Waals surface area contributed by atoms with Gasteiger partial charge in [-0.15, -0.1) is 0 Å². The molecule has 1 fully saturated rings. The van der Waals surface area contributed by atoms with Crippen molar-refractivity contribution in [3.8, 4) is 0 Å². The molecule has 7 heteroatoms. The van der Waals surface area contributed by atoms with Crippen LogP contribution in [-0.2, 0) is 21.3 Å². The fourth-order valence-electron chi connectivity index (χ4n) is 2.44. The van der Waals surface area contributed by atoms with Crippen molar-refractivity contribution in [2.75, 3.05) is 26.8 Å². The molecule has 5 nitrogen and oxygen atoms in total. The monoisotopic (exact) mass is 316 g/mol. The lowest BCUT2D eigenvalue weighted by atomic mass is 10.0. The molecule has 0 aliphatic carbocycles. The van der Waals surface area contributed by atoms with Gasteiger partial charge in [0.25, 0.3) is 0 Å². The third-order valence-corrected chi connectivity index (χ3v) is 5.63. The van der Waals surface area contributed by atoms with Gasteiger partial charge in [0.05, 0.1) is 0 Å². The van der Waals surface area contributed by atoms with Crippen LogP contribution in [0.2, 0.25) is 0 Å². The molecule has 0 unspecified atom stereocenters. The Bertz CT molecular complexity index is 586. The molecule has 0 saturated carbocycles. The molecule has 118 valence electrons. The summed E-state index contributed by atoms with van der Waals surface area (Å²) in [5.41, 5.74) is 5.99. The van der Waals surface area contributed by atoms with Crippen LogP contribution in [0.4, 0.5) is 4.39 Å². The third kappa shape index (κ3) is 3.79. The van der Waals surface area contributed by atoms with E-state index < -0.39 is 15.8 Å². The molecule has 1 aliphatic rings. The minimum Gasteiger partial charge on any atom is -0.381 e. The van der Waals surface area contributed by atoms with Crippen LogP contribution in [-0.4, -0.2) is 39.5 Å². The number of sulfonamides is 1. The number of rotatable bonds is 5. The molecule has 1 aromatic rings. The first-order chi connectivity index (χ1) is 9.95. The maximum Gasteiger partial charge on any atom is 0.245 e. The van der Waals surface area contributed by atoms with E-state index in [-0.39, 0.29) is 17.4 Å². The van der Waals surface area contributed by atoms with Crippen LogP contribution in [0, 0.1) is 11.7 Å². The van der Waals surface area contributed by atoms with Crippen molar-refractivity contribution in [1.29, 1.82) is 0 Å². The van der Waals surface area contributed by atoms with Crippen molar-refractivity contribution >= 4 is 10.0 Å². The summed E-state index contributed by atoms with van der Waals surface area (Å²) in [6.07, 6.45) is 1.66. The van der Waals surface area contributed by atoms with Crippen LogP contribution in [0.3, 0.4) is 0 Å². The van der Waals surface area contributed by atoms with E-state index in [4.69, 9.17) is 10.5 Å². The molecule has 1 saturated heterocycles. The zero-order valence-electron chi connectivity index (χ0n) is 12.1. The number of benzene rings is 1. The largest absolute Gasteiger partial charge is 0.381 e. The fraction of sp³-hybridized carbons (Fsp3) is 0.571. The molecule has 2 N–H and O–H groups in total. The molecule has 0 radical (unpaired) electrons. The lowest BCUT2D eigenvalue weighted by molar-refractivity contribution is 0.0620. The smallest absolute Gasteiger partial charge is 0.245 e. The highest BCUT2D eigenvalue weighted by molar-refractivity contribution is 7.89. The quantitative estimate of drug-likeness (QED) is 0.889. The SMILES string of the molecule is CN(CC1CCOCC1)S(=O)(=O)c1ccc(CN)cc1F. The van der Waals surface area contributed by atoms with Gasteiger partial charge in [-0.25, -0.2) is 17.1 Å². The molecule has 21 heavy (non-hydrogen) atoms. The van der Waals surface area contributed by atoms with Crippen molar-refractivity contribution in [2.24, 2.45) is 11.7 Å². The normalized spacial score (nSPS) is 17.3. The Morgan fingerprint density at radius 3 is 2.62 bits per heavy atom. The molecule has 0 aromatic heterocycles. The van der Waals surface area contributed by atoms with Crippen LogP contribution in [0.25, 0.3) is 0 Å². The second-order valence-electron chi connectivity index (χ2n) is 5.31. The highest BCUT2D eigenvalue weighted by Crippen LogP contribution is 2.23. The second-order valence-corrected chi connectivity index (χ2v) is 7.32. The molecule has 0 bridgehead atoms. The molecule has 1 aromatic carbocycles. The van der Waals surface area contributed by atoms with Gasteiger partial charge >= 0.3 is 0 Å². The fourth-order valence-corrected chi connectivity index (χ4v) is 3.73. The maximum absolute atomic E-state index is 14.0. The van der Waals surface area contributed by atoms with E-state index in [1.165, 1.54) is 29.6 Å². The average molecular weight is 316 g/mol. The molecular formula is C14H21FN2O3S. The van der Waals surface area contributed by atoms with Gasteiger partial charge in [0.2, 0.25) is 10.0 Å². The summed E-state index contributed by atoms with van der Waals surface area (Å²) in [4.78, 5) is -0.297. The van der Waals surface area contributed by atoms with Crippen LogP contribution in [0.15, 0.2) is 23.1 Å². The van der Waals surface area contributed by atoms with Crippen molar-refractivity contribution in [3.63, 3.8) is 0 Å². The Hall–Kier alpha value is -1.02. The number of halogens is 1. The highest BCUT2D eigenvalue weighted by atomic mass is 32.2. The Kier molecular flexibility index (Phi) is 5.32. The van der Waals surface area contributed by atoms with E-state index in [9.17, 15) is 12.8 Å². The Balaban J connectivity index is 2.16. The lowest BCUT2D eigenvalue weighted by Gasteiger charge is -2.26. The number of nitrogens with two attached hydrogens (primary N) is 1. The van der Waals surface area contributed by atoms with Gasteiger partial charge in [-0.3, -0.25) is 0 Å². The zero-order valence-corrected chi connectivity index (χ0v) is 12.9. The first-order valence-corrected chi connectivity index (χ1v) is 8.41. The van der Waals surface area contributed by atoms with E-state index in [2.05, 4.69) is 0 Å². The van der Waals surface area contributed by atoms with Crippen molar-refractivity contribution < 1.29 is 17.5 Å². The van der Waals surface area contributed by atoms with Crippen LogP contribution in [0.1, 0.15) is 18.4 Å². The molecule has 0 spiro atoms. The van der Waals surface area contributed by atoms with E-state index in [0.717, 1.165) is 12.8 Å². The summed E-state index contributed by atoms with van der Waals surface area (Å²) in [6, 6.07) is 4.00. The van der Waals surface area contributed by atoms with Crippen LogP contribution in [0.5, 0.6) is 0 Å². The molecule has 2 rings (SSSR count). The molecule has 0 atom stereocenters. The Labute approximate surface area is 124 Å². The lowest BCUT2D eigenvalue weighted by Crippen LogP contribution is -2.34. The maximum atomic E-state index is 14.0. The molecule has 1 heterocycles. The van der Waals surface area contributed by atoms with Gasteiger partial charge < -0.3 is 10.5 Å². The minimum atomic E-state index is -3.82. The van der Waals surface area contributed by atoms with Gasteiger partial charge in [0.1, 0.15) is 10.7 Å². The topological polar surface area (TPSA) is 72.6 Å². The Morgan fingerprint density at radius 2 is 2.05 bits per heavy atom.